The molecular formula is C32H40N2O4. The first-order valence-electron chi connectivity index (χ1n) is 13.1. The lowest BCUT2D eigenvalue weighted by molar-refractivity contribution is -0.137. The van der Waals surface area contributed by atoms with Crippen molar-refractivity contribution in [3.05, 3.63) is 70.9 Å². The Morgan fingerprint density at radius 2 is 1.68 bits per heavy atom. The number of esters is 1. The molecule has 202 valence electrons. The maximum Gasteiger partial charge on any atom is 0.407 e. The van der Waals surface area contributed by atoms with Crippen molar-refractivity contribution in [2.24, 2.45) is 5.41 Å². The molecule has 0 saturated heterocycles. The largest absolute Gasteiger partial charge is 0.463 e. The molecule has 0 radical (unpaired) electrons. The predicted molar refractivity (Wildman–Crippen MR) is 154 cm³/mol. The molecule has 1 N–H and O–H groups in total. The van der Waals surface area contributed by atoms with Gasteiger partial charge in [-0.3, -0.25) is 4.98 Å². The highest BCUT2D eigenvalue weighted by molar-refractivity contribution is 5.98. The van der Waals surface area contributed by atoms with Gasteiger partial charge in [-0.1, -0.05) is 56.7 Å². The highest BCUT2D eigenvalue weighted by Gasteiger charge is 2.23. The summed E-state index contributed by atoms with van der Waals surface area (Å²) in [6.07, 6.45) is 3.44. The number of benzene rings is 2. The van der Waals surface area contributed by atoms with Gasteiger partial charge in [0.1, 0.15) is 5.60 Å². The van der Waals surface area contributed by atoms with Gasteiger partial charge in [0.15, 0.2) is 0 Å². The number of amides is 1. The number of ether oxygens (including phenoxy) is 2. The van der Waals surface area contributed by atoms with Gasteiger partial charge in [0.25, 0.3) is 0 Å². The number of hydrogen-bond donors (Lipinski definition) is 1. The van der Waals surface area contributed by atoms with E-state index in [4.69, 9.17) is 14.5 Å². The summed E-state index contributed by atoms with van der Waals surface area (Å²) in [7, 11) is 0. The van der Waals surface area contributed by atoms with Crippen LogP contribution < -0.4 is 5.32 Å². The Morgan fingerprint density at radius 3 is 2.29 bits per heavy atom. The summed E-state index contributed by atoms with van der Waals surface area (Å²) >= 11 is 0. The van der Waals surface area contributed by atoms with E-state index >= 15 is 0 Å². The van der Waals surface area contributed by atoms with Crippen LogP contribution in [0.15, 0.2) is 48.5 Å². The molecule has 1 heterocycles. The maximum absolute atomic E-state index is 12.6. The summed E-state index contributed by atoms with van der Waals surface area (Å²) < 4.78 is 10.6. The molecule has 0 unspecified atom stereocenters. The third-order valence-corrected chi connectivity index (χ3v) is 5.74. The zero-order valence-electron chi connectivity index (χ0n) is 23.9. The van der Waals surface area contributed by atoms with Crippen LogP contribution in [0.5, 0.6) is 0 Å². The molecule has 1 amide bonds. The molecular weight excluding hydrogens is 476 g/mol. The summed E-state index contributed by atoms with van der Waals surface area (Å²) in [6, 6.07) is 14.3. The third kappa shape index (κ3) is 8.17. The highest BCUT2D eigenvalue weighted by atomic mass is 16.6. The minimum absolute atomic E-state index is 0.0196. The Bertz CT molecular complexity index is 1330. The fourth-order valence-electron chi connectivity index (χ4n) is 4.19. The quantitative estimate of drug-likeness (QED) is 0.261. The first-order chi connectivity index (χ1) is 17.8. The summed E-state index contributed by atoms with van der Waals surface area (Å²) in [6.45, 7) is 16.5. The number of fused-ring (bicyclic) bond motifs is 1. The van der Waals surface area contributed by atoms with Crippen LogP contribution in [0, 0.1) is 12.3 Å². The zero-order valence-corrected chi connectivity index (χ0v) is 23.9. The van der Waals surface area contributed by atoms with E-state index in [1.807, 2.05) is 39.0 Å². The summed E-state index contributed by atoms with van der Waals surface area (Å²) in [5, 5.41) is 3.90. The zero-order chi connectivity index (χ0) is 28.1. The van der Waals surface area contributed by atoms with Crippen LogP contribution in [0.25, 0.3) is 28.1 Å². The number of rotatable bonds is 7. The Morgan fingerprint density at radius 1 is 1.00 bits per heavy atom. The average molecular weight is 517 g/mol. The number of nitrogens with one attached hydrogen (secondary N) is 1. The van der Waals surface area contributed by atoms with E-state index < -0.39 is 11.7 Å². The van der Waals surface area contributed by atoms with E-state index in [1.165, 1.54) is 6.08 Å². The SMILES string of the molecule is CCOC(=O)/C=C/c1ccc2nc(CC(C)(C)C)c(CNC(=O)OC(C)(C)C)c(-c3ccc(C)cc3)c2c1. The predicted octanol–water partition coefficient (Wildman–Crippen LogP) is 7.40. The summed E-state index contributed by atoms with van der Waals surface area (Å²) in [5.74, 6) is -0.382. The molecule has 6 heteroatoms. The van der Waals surface area contributed by atoms with Gasteiger partial charge in [0.05, 0.1) is 12.1 Å². The Labute approximate surface area is 226 Å². The van der Waals surface area contributed by atoms with Crippen molar-refractivity contribution in [2.45, 2.75) is 74.0 Å². The molecule has 0 bridgehead atoms. The normalized spacial score (nSPS) is 12.1. The molecule has 0 atom stereocenters. The van der Waals surface area contributed by atoms with E-state index in [0.29, 0.717) is 6.61 Å². The highest BCUT2D eigenvalue weighted by Crippen LogP contribution is 2.36. The standard InChI is InChI=1S/C32H40N2O4/c1-9-37-28(35)17-13-22-12-16-26-24(18-22)29(23-14-10-21(2)11-15-23)25(27(34-26)19-31(3,4)5)20-33-30(36)38-32(6,7)8/h10-18H,9,19-20H2,1-8H3,(H,33,36)/b17-13+. The first kappa shape index (κ1) is 28.9. The van der Waals surface area contributed by atoms with Crippen LogP contribution in [-0.2, 0) is 27.2 Å². The Kier molecular flexibility index (Phi) is 8.97. The number of alkyl carbamates (subject to hydrolysis) is 1. The molecule has 1 aromatic heterocycles. The Hall–Kier alpha value is -3.67. The van der Waals surface area contributed by atoms with Crippen molar-refractivity contribution in [3.63, 3.8) is 0 Å². The lowest BCUT2D eigenvalue weighted by Gasteiger charge is -2.24. The second-order valence-electron chi connectivity index (χ2n) is 11.7. The van der Waals surface area contributed by atoms with Crippen molar-refractivity contribution in [1.29, 1.82) is 0 Å². The minimum Gasteiger partial charge on any atom is -0.463 e. The van der Waals surface area contributed by atoms with Crippen molar-refractivity contribution in [2.75, 3.05) is 6.61 Å². The molecule has 0 fully saturated rings. The topological polar surface area (TPSA) is 77.5 Å². The van der Waals surface area contributed by atoms with E-state index in [2.05, 4.69) is 57.3 Å². The lowest BCUT2D eigenvalue weighted by Crippen LogP contribution is -2.32. The molecule has 0 spiro atoms. The van der Waals surface area contributed by atoms with Crippen LogP contribution in [0.2, 0.25) is 0 Å². The molecule has 0 aliphatic carbocycles. The number of aromatic nitrogens is 1. The van der Waals surface area contributed by atoms with Crippen LogP contribution >= 0.6 is 0 Å². The van der Waals surface area contributed by atoms with E-state index in [-0.39, 0.29) is 17.9 Å². The van der Waals surface area contributed by atoms with Crippen LogP contribution in [-0.4, -0.2) is 29.3 Å². The first-order valence-corrected chi connectivity index (χ1v) is 13.1. The smallest absolute Gasteiger partial charge is 0.407 e. The second-order valence-corrected chi connectivity index (χ2v) is 11.7. The van der Waals surface area contributed by atoms with Crippen molar-refractivity contribution in [3.8, 4) is 11.1 Å². The van der Waals surface area contributed by atoms with Gasteiger partial charge in [-0.25, -0.2) is 9.59 Å². The molecule has 6 nitrogen and oxygen atoms in total. The summed E-state index contributed by atoms with van der Waals surface area (Å²) in [4.78, 5) is 29.6. The number of carbonyl (C=O) groups excluding carboxylic acids is 2. The van der Waals surface area contributed by atoms with E-state index in [9.17, 15) is 9.59 Å². The van der Waals surface area contributed by atoms with Crippen LogP contribution in [0.3, 0.4) is 0 Å². The van der Waals surface area contributed by atoms with E-state index in [0.717, 1.165) is 50.8 Å². The van der Waals surface area contributed by atoms with Crippen molar-refractivity contribution < 1.29 is 19.1 Å². The molecule has 0 saturated carbocycles. The fourth-order valence-corrected chi connectivity index (χ4v) is 4.19. The van der Waals surface area contributed by atoms with Gasteiger partial charge in [0, 0.05) is 29.3 Å². The van der Waals surface area contributed by atoms with Crippen molar-refractivity contribution in [1.82, 2.24) is 10.3 Å². The number of hydrogen-bond acceptors (Lipinski definition) is 5. The number of pyridine rings is 1. The number of aryl methyl sites for hydroxylation is 1. The fraction of sp³-hybridized carbons (Fsp3) is 0.406. The van der Waals surface area contributed by atoms with Crippen molar-refractivity contribution >= 4 is 29.0 Å². The van der Waals surface area contributed by atoms with Crippen LogP contribution in [0.1, 0.15) is 70.9 Å². The molecule has 3 rings (SSSR count). The minimum atomic E-state index is -0.597. The molecule has 3 aromatic rings. The van der Waals surface area contributed by atoms with E-state index in [1.54, 1.807) is 13.0 Å². The maximum atomic E-state index is 12.6. The summed E-state index contributed by atoms with van der Waals surface area (Å²) in [5.41, 5.74) is 6.19. The monoisotopic (exact) mass is 516 g/mol. The molecule has 38 heavy (non-hydrogen) atoms. The lowest BCUT2D eigenvalue weighted by atomic mass is 9.85. The van der Waals surface area contributed by atoms with Gasteiger partial charge >= 0.3 is 12.1 Å². The average Bonchev–Trinajstić information content (AvgIpc) is 2.80. The molecule has 0 aliphatic heterocycles. The Balaban J connectivity index is 2.23. The molecule has 2 aromatic carbocycles. The van der Waals surface area contributed by atoms with Gasteiger partial charge in [0.2, 0.25) is 0 Å². The van der Waals surface area contributed by atoms with Gasteiger partial charge in [-0.15, -0.1) is 0 Å². The number of carbonyl (C=O) groups is 2. The van der Waals surface area contributed by atoms with Gasteiger partial charge < -0.3 is 14.8 Å². The number of nitrogens with zero attached hydrogens (tertiary/aromatic N) is 1. The van der Waals surface area contributed by atoms with Gasteiger partial charge in [-0.2, -0.15) is 0 Å². The molecule has 0 aliphatic rings. The second kappa shape index (κ2) is 11.8. The van der Waals surface area contributed by atoms with Gasteiger partial charge in [-0.05, 0) is 81.4 Å². The van der Waals surface area contributed by atoms with Crippen LogP contribution in [0.4, 0.5) is 4.79 Å². The third-order valence-electron chi connectivity index (χ3n) is 5.74.